The predicted molar refractivity (Wildman–Crippen MR) is 67.1 cm³/mol. The van der Waals surface area contributed by atoms with Crippen LogP contribution in [0.3, 0.4) is 0 Å². The summed E-state index contributed by atoms with van der Waals surface area (Å²) in [6, 6.07) is 13.5. The molecule has 0 fully saturated rings. The lowest BCUT2D eigenvalue weighted by molar-refractivity contribution is -0.437. The number of nitrogens with zero attached hydrogens (tertiary/aromatic N) is 1. The molecule has 0 saturated heterocycles. The third-order valence-electron chi connectivity index (χ3n) is 2.90. The van der Waals surface area contributed by atoms with Crippen molar-refractivity contribution in [3.05, 3.63) is 53.6 Å². The summed E-state index contributed by atoms with van der Waals surface area (Å²) in [6.45, 7) is 2.01. The summed E-state index contributed by atoms with van der Waals surface area (Å²) < 4.78 is 0. The summed E-state index contributed by atoms with van der Waals surface area (Å²) in [5.74, 6) is 1.10. The first-order valence-corrected chi connectivity index (χ1v) is 5.56. The van der Waals surface area contributed by atoms with Gasteiger partial charge in [-0.1, -0.05) is 18.2 Å². The molecule has 0 aromatic heterocycles. The molecule has 1 aliphatic rings. The SMILES string of the molecule is Cc1ccc(O)c(C2=Nc3ccccc3[NH2+]2)c1.[Cl-]. The second-order valence-electron chi connectivity index (χ2n) is 4.22. The highest BCUT2D eigenvalue weighted by Crippen LogP contribution is 2.27. The number of aliphatic imine (C=N–C) groups is 1. The smallest absolute Gasteiger partial charge is 0.241 e. The van der Waals surface area contributed by atoms with Crippen molar-refractivity contribution in [3.8, 4) is 5.75 Å². The van der Waals surface area contributed by atoms with E-state index in [1.165, 1.54) is 0 Å². The van der Waals surface area contributed by atoms with Crippen LogP contribution in [0.15, 0.2) is 47.5 Å². The fourth-order valence-electron chi connectivity index (χ4n) is 2.01. The summed E-state index contributed by atoms with van der Waals surface area (Å²) in [5, 5.41) is 11.9. The van der Waals surface area contributed by atoms with Crippen LogP contribution in [0.2, 0.25) is 0 Å². The molecule has 4 heteroatoms. The molecule has 1 aliphatic heterocycles. The van der Waals surface area contributed by atoms with Gasteiger partial charge in [-0.05, 0) is 30.7 Å². The number of rotatable bonds is 1. The Balaban J connectivity index is 0.00000120. The summed E-state index contributed by atoms with van der Waals surface area (Å²) in [4.78, 5) is 4.52. The van der Waals surface area contributed by atoms with Crippen LogP contribution in [-0.4, -0.2) is 10.9 Å². The van der Waals surface area contributed by atoms with Crippen LogP contribution in [0.4, 0.5) is 11.4 Å². The number of aryl methyl sites for hydroxylation is 1. The number of fused-ring (bicyclic) bond motifs is 1. The number of nitrogens with two attached hydrogens (primary N) is 1. The molecule has 0 unspecified atom stereocenters. The van der Waals surface area contributed by atoms with Crippen LogP contribution in [0, 0.1) is 6.92 Å². The molecule has 3 rings (SSSR count). The van der Waals surface area contributed by atoms with Gasteiger partial charge in [-0.3, -0.25) is 5.32 Å². The Bertz CT molecular complexity index is 623. The average molecular weight is 261 g/mol. The van der Waals surface area contributed by atoms with Crippen molar-refractivity contribution >= 4 is 17.2 Å². The van der Waals surface area contributed by atoms with Crippen molar-refractivity contribution in [2.24, 2.45) is 4.99 Å². The van der Waals surface area contributed by atoms with Gasteiger partial charge in [0.1, 0.15) is 11.4 Å². The van der Waals surface area contributed by atoms with Crippen LogP contribution in [0.25, 0.3) is 0 Å². The van der Waals surface area contributed by atoms with Crippen LogP contribution >= 0.6 is 0 Å². The third kappa shape index (κ3) is 2.10. The van der Waals surface area contributed by atoms with Gasteiger partial charge in [0.05, 0.1) is 5.56 Å². The van der Waals surface area contributed by atoms with E-state index in [2.05, 4.69) is 4.99 Å². The number of amidine groups is 1. The highest BCUT2D eigenvalue weighted by molar-refractivity contribution is 6.00. The van der Waals surface area contributed by atoms with Crippen LogP contribution in [0.5, 0.6) is 5.75 Å². The maximum Gasteiger partial charge on any atom is 0.241 e. The van der Waals surface area contributed by atoms with Gasteiger partial charge in [0, 0.05) is 6.07 Å². The highest BCUT2D eigenvalue weighted by atomic mass is 35.5. The molecule has 3 N–H and O–H groups in total. The Kier molecular flexibility index (Phi) is 3.36. The van der Waals surface area contributed by atoms with Gasteiger partial charge < -0.3 is 17.5 Å². The minimum atomic E-state index is 0. The summed E-state index contributed by atoms with van der Waals surface area (Å²) in [5.41, 5.74) is 3.97. The monoisotopic (exact) mass is 260 g/mol. The number of benzene rings is 2. The molecule has 0 bridgehead atoms. The van der Waals surface area contributed by atoms with E-state index in [0.29, 0.717) is 0 Å². The highest BCUT2D eigenvalue weighted by Gasteiger charge is 2.22. The zero-order chi connectivity index (χ0) is 11.8. The van der Waals surface area contributed by atoms with Crippen molar-refractivity contribution in [1.82, 2.24) is 0 Å². The van der Waals surface area contributed by atoms with E-state index in [1.54, 1.807) is 6.07 Å². The van der Waals surface area contributed by atoms with Crippen LogP contribution in [0.1, 0.15) is 11.1 Å². The normalized spacial score (nSPS) is 12.6. The van der Waals surface area contributed by atoms with Gasteiger partial charge in [-0.25, -0.2) is 0 Å². The summed E-state index contributed by atoms with van der Waals surface area (Å²) in [6.07, 6.45) is 0. The Morgan fingerprint density at radius 2 is 1.89 bits per heavy atom. The molecular weight excluding hydrogens is 248 g/mol. The van der Waals surface area contributed by atoms with Crippen molar-refractivity contribution < 1.29 is 22.8 Å². The van der Waals surface area contributed by atoms with E-state index >= 15 is 0 Å². The average Bonchev–Trinajstić information content (AvgIpc) is 2.75. The zero-order valence-corrected chi connectivity index (χ0v) is 10.6. The van der Waals surface area contributed by atoms with Gasteiger partial charge in [-0.2, -0.15) is 4.99 Å². The topological polar surface area (TPSA) is 49.2 Å². The molecule has 0 atom stereocenters. The molecule has 0 amide bonds. The Hall–Kier alpha value is -1.84. The van der Waals surface area contributed by atoms with Crippen molar-refractivity contribution in [2.45, 2.75) is 6.92 Å². The first kappa shape index (κ1) is 12.6. The zero-order valence-electron chi connectivity index (χ0n) is 9.89. The van der Waals surface area contributed by atoms with Gasteiger partial charge in [-0.15, -0.1) is 0 Å². The second kappa shape index (κ2) is 4.80. The first-order valence-electron chi connectivity index (χ1n) is 5.56. The van der Waals surface area contributed by atoms with Gasteiger partial charge in [0.2, 0.25) is 5.84 Å². The van der Waals surface area contributed by atoms with Crippen molar-refractivity contribution in [2.75, 3.05) is 0 Å². The molecule has 1 heterocycles. The standard InChI is InChI=1S/C14H12N2O.ClH/c1-9-6-7-13(17)10(8-9)14-15-11-4-2-3-5-12(11)16-14;/h2-8,17H,1H3,(H,15,16);1H. The van der Waals surface area contributed by atoms with Gasteiger partial charge >= 0.3 is 0 Å². The predicted octanol–water partition coefficient (Wildman–Crippen LogP) is -1.01. The molecule has 92 valence electrons. The molecular formula is C14H13ClN2O. The van der Waals surface area contributed by atoms with E-state index in [9.17, 15) is 5.11 Å². The quantitative estimate of drug-likeness (QED) is 0.635. The summed E-state index contributed by atoms with van der Waals surface area (Å²) >= 11 is 0. The van der Waals surface area contributed by atoms with Gasteiger partial charge in [0.15, 0.2) is 5.69 Å². The second-order valence-corrected chi connectivity index (χ2v) is 4.22. The maximum absolute atomic E-state index is 9.87. The van der Waals surface area contributed by atoms with Crippen molar-refractivity contribution in [1.29, 1.82) is 0 Å². The van der Waals surface area contributed by atoms with E-state index in [1.807, 2.05) is 48.6 Å². The Morgan fingerprint density at radius 3 is 2.67 bits per heavy atom. The molecule has 0 saturated carbocycles. The number of phenolic OH excluding ortho intramolecular Hbond substituents is 1. The minimum Gasteiger partial charge on any atom is -1.00 e. The number of aromatic hydroxyl groups is 1. The molecule has 0 radical (unpaired) electrons. The lowest BCUT2D eigenvalue weighted by Crippen LogP contribution is -3.00. The molecule has 18 heavy (non-hydrogen) atoms. The summed E-state index contributed by atoms with van der Waals surface area (Å²) in [7, 11) is 0. The number of hydrogen-bond acceptors (Lipinski definition) is 2. The molecule has 2 aromatic rings. The van der Waals surface area contributed by atoms with E-state index in [0.717, 1.165) is 28.3 Å². The van der Waals surface area contributed by atoms with E-state index in [-0.39, 0.29) is 18.2 Å². The van der Waals surface area contributed by atoms with Crippen LogP contribution < -0.4 is 17.7 Å². The Morgan fingerprint density at radius 1 is 1.11 bits per heavy atom. The lowest BCUT2D eigenvalue weighted by atomic mass is 10.1. The number of halogens is 1. The number of para-hydroxylation sites is 2. The number of quaternary nitrogens is 1. The first-order chi connectivity index (χ1) is 8.24. The fraction of sp³-hybridized carbons (Fsp3) is 0.0714. The van der Waals surface area contributed by atoms with E-state index < -0.39 is 0 Å². The maximum atomic E-state index is 9.87. The molecule has 3 nitrogen and oxygen atoms in total. The number of hydrogen-bond donors (Lipinski definition) is 2. The van der Waals surface area contributed by atoms with Gasteiger partial charge in [0.25, 0.3) is 0 Å². The lowest BCUT2D eigenvalue weighted by Gasteiger charge is -2.02. The van der Waals surface area contributed by atoms with E-state index in [4.69, 9.17) is 0 Å². The third-order valence-corrected chi connectivity index (χ3v) is 2.90. The van der Waals surface area contributed by atoms with Crippen LogP contribution in [-0.2, 0) is 0 Å². The molecule has 0 aliphatic carbocycles. The largest absolute Gasteiger partial charge is 1.00 e. The fourth-order valence-corrected chi connectivity index (χ4v) is 2.01. The molecule has 2 aromatic carbocycles. The number of phenols is 1. The minimum absolute atomic E-state index is 0. The van der Waals surface area contributed by atoms with Crippen molar-refractivity contribution in [3.63, 3.8) is 0 Å². The Labute approximate surface area is 112 Å². The molecule has 0 spiro atoms.